The molecule has 0 radical (unpaired) electrons. The van der Waals surface area contributed by atoms with E-state index in [1.807, 2.05) is 18.7 Å². The zero-order chi connectivity index (χ0) is 7.56. The van der Waals surface area contributed by atoms with E-state index < -0.39 is 0 Å². The fraction of sp³-hybridized carbons (Fsp3) is 0.571. The van der Waals surface area contributed by atoms with Crippen molar-refractivity contribution in [1.29, 1.82) is 0 Å². The fourth-order valence-electron chi connectivity index (χ4n) is 0.456. The van der Waals surface area contributed by atoms with E-state index in [1.165, 1.54) is 5.75 Å². The van der Waals surface area contributed by atoms with Gasteiger partial charge in [0.25, 0.3) is 0 Å². The highest BCUT2D eigenvalue weighted by Gasteiger charge is 2.23. The number of thiocarbonyl (C=S) groups is 1. The van der Waals surface area contributed by atoms with Crippen LogP contribution in [0.3, 0.4) is 0 Å². The van der Waals surface area contributed by atoms with Crippen molar-refractivity contribution in [2.75, 3.05) is 12.4 Å². The summed E-state index contributed by atoms with van der Waals surface area (Å²) in [6.45, 7) is 6.30. The molecule has 0 N–H and O–H groups in total. The summed E-state index contributed by atoms with van der Waals surface area (Å²) in [5, 5.41) is 1.25. The molecule has 1 atom stereocenters. The van der Waals surface area contributed by atoms with E-state index in [0.29, 0.717) is 10.3 Å². The Morgan fingerprint density at radius 3 is 2.90 bits per heavy atom. The summed E-state index contributed by atoms with van der Waals surface area (Å²) < 4.78 is 5.24. The Morgan fingerprint density at radius 2 is 2.50 bits per heavy atom. The third kappa shape index (κ3) is 2.71. The summed E-state index contributed by atoms with van der Waals surface area (Å²) in [6.07, 6.45) is 0. The summed E-state index contributed by atoms with van der Waals surface area (Å²) >= 11 is 6.80. The van der Waals surface area contributed by atoms with Crippen molar-refractivity contribution in [3.8, 4) is 0 Å². The molecule has 0 spiro atoms. The number of thioether (sulfide) groups is 1. The maximum absolute atomic E-state index is 5.24. The normalized spacial score (nSPS) is 21.9. The predicted molar refractivity (Wildman–Crippen MR) is 49.6 cm³/mol. The van der Waals surface area contributed by atoms with Crippen molar-refractivity contribution >= 4 is 29.0 Å². The van der Waals surface area contributed by atoms with Crippen molar-refractivity contribution in [3.63, 3.8) is 0 Å². The quantitative estimate of drug-likeness (QED) is 0.368. The lowest BCUT2D eigenvalue weighted by Gasteiger charge is -2.03. The van der Waals surface area contributed by atoms with Crippen LogP contribution < -0.4 is 0 Å². The van der Waals surface area contributed by atoms with Gasteiger partial charge in [-0.1, -0.05) is 6.58 Å². The minimum Gasteiger partial charge on any atom is -0.482 e. The van der Waals surface area contributed by atoms with Gasteiger partial charge < -0.3 is 4.74 Å². The van der Waals surface area contributed by atoms with E-state index in [4.69, 9.17) is 17.0 Å². The molecule has 1 rings (SSSR count). The molecule has 1 aliphatic rings. The summed E-state index contributed by atoms with van der Waals surface area (Å²) in [5.41, 5.74) is 0.848. The molecular formula is C7H10OS2. The highest BCUT2D eigenvalue weighted by Crippen LogP contribution is 2.30. The summed E-state index contributed by atoms with van der Waals surface area (Å²) in [5.74, 6) is 1.22. The van der Waals surface area contributed by atoms with Crippen LogP contribution in [0.5, 0.6) is 0 Å². The Morgan fingerprint density at radius 1 is 1.90 bits per heavy atom. The van der Waals surface area contributed by atoms with Crippen molar-refractivity contribution in [2.45, 2.75) is 12.2 Å². The van der Waals surface area contributed by atoms with Gasteiger partial charge in [-0.05, 0) is 24.7 Å². The first kappa shape index (κ1) is 8.08. The Kier molecular flexibility index (Phi) is 2.74. The Bertz CT molecular complexity index is 161. The maximum Gasteiger partial charge on any atom is 0.186 e. The number of hydrogen-bond acceptors (Lipinski definition) is 3. The van der Waals surface area contributed by atoms with Gasteiger partial charge in [-0.25, -0.2) is 0 Å². The van der Waals surface area contributed by atoms with Crippen molar-refractivity contribution in [2.24, 2.45) is 0 Å². The molecule has 0 aliphatic carbocycles. The van der Waals surface area contributed by atoms with Crippen LogP contribution in [-0.4, -0.2) is 22.7 Å². The van der Waals surface area contributed by atoms with Gasteiger partial charge in [0.05, 0.1) is 0 Å². The SMILES string of the molecule is C=C(C)C(=S)OCC1CS1. The molecule has 0 bridgehead atoms. The van der Waals surface area contributed by atoms with Crippen LogP contribution in [0.2, 0.25) is 0 Å². The molecule has 56 valence electrons. The molecule has 1 aliphatic heterocycles. The van der Waals surface area contributed by atoms with Crippen LogP contribution in [0.1, 0.15) is 6.92 Å². The van der Waals surface area contributed by atoms with Gasteiger partial charge in [0.15, 0.2) is 5.05 Å². The van der Waals surface area contributed by atoms with E-state index in [0.717, 1.165) is 12.2 Å². The zero-order valence-corrected chi connectivity index (χ0v) is 7.56. The molecule has 1 nitrogen and oxygen atoms in total. The maximum atomic E-state index is 5.24. The topological polar surface area (TPSA) is 9.23 Å². The number of ether oxygens (including phenoxy) is 1. The van der Waals surface area contributed by atoms with Crippen LogP contribution in [0, 0.1) is 0 Å². The van der Waals surface area contributed by atoms with E-state index in [2.05, 4.69) is 6.58 Å². The zero-order valence-electron chi connectivity index (χ0n) is 5.92. The number of hydrogen-bond donors (Lipinski definition) is 0. The van der Waals surface area contributed by atoms with Gasteiger partial charge in [-0.15, -0.1) is 0 Å². The minimum atomic E-state index is 0.563. The molecule has 0 aromatic carbocycles. The third-order valence-electron chi connectivity index (χ3n) is 1.15. The molecule has 1 unspecified atom stereocenters. The van der Waals surface area contributed by atoms with Gasteiger partial charge in [0.2, 0.25) is 0 Å². The average Bonchev–Trinajstić information content (AvgIpc) is 2.64. The third-order valence-corrected chi connectivity index (χ3v) is 2.56. The monoisotopic (exact) mass is 174 g/mol. The fourth-order valence-corrected chi connectivity index (χ4v) is 0.921. The molecule has 0 saturated carbocycles. The second kappa shape index (κ2) is 3.39. The second-order valence-electron chi connectivity index (χ2n) is 2.33. The Hall–Kier alpha value is -0.0200. The van der Waals surface area contributed by atoms with Gasteiger partial charge >= 0.3 is 0 Å². The molecule has 1 fully saturated rings. The highest BCUT2D eigenvalue weighted by molar-refractivity contribution is 8.06. The van der Waals surface area contributed by atoms with E-state index >= 15 is 0 Å². The van der Waals surface area contributed by atoms with E-state index in [-0.39, 0.29) is 0 Å². The van der Waals surface area contributed by atoms with Gasteiger partial charge in [0.1, 0.15) is 6.61 Å². The number of rotatable bonds is 3. The summed E-state index contributed by atoms with van der Waals surface area (Å²) in [6, 6.07) is 0. The molecule has 0 aromatic heterocycles. The van der Waals surface area contributed by atoms with Crippen LogP contribution in [0.15, 0.2) is 12.2 Å². The van der Waals surface area contributed by atoms with Gasteiger partial charge in [0, 0.05) is 11.0 Å². The van der Waals surface area contributed by atoms with E-state index in [1.54, 1.807) is 0 Å². The summed E-state index contributed by atoms with van der Waals surface area (Å²) in [4.78, 5) is 0. The lowest BCUT2D eigenvalue weighted by molar-refractivity contribution is 0.326. The molecule has 0 amide bonds. The molecule has 3 heteroatoms. The minimum absolute atomic E-state index is 0.563. The Balaban J connectivity index is 2.11. The summed E-state index contributed by atoms with van der Waals surface area (Å²) in [7, 11) is 0. The van der Waals surface area contributed by atoms with Crippen LogP contribution >= 0.6 is 24.0 Å². The largest absolute Gasteiger partial charge is 0.482 e. The first-order valence-corrected chi connectivity index (χ1v) is 4.60. The molecular weight excluding hydrogens is 164 g/mol. The smallest absolute Gasteiger partial charge is 0.186 e. The first-order chi connectivity index (χ1) is 4.70. The van der Waals surface area contributed by atoms with Gasteiger partial charge in [-0.3, -0.25) is 0 Å². The Labute approximate surface area is 70.8 Å². The first-order valence-electron chi connectivity index (χ1n) is 3.14. The highest BCUT2D eigenvalue weighted by atomic mass is 32.2. The molecule has 1 heterocycles. The lowest BCUT2D eigenvalue weighted by Crippen LogP contribution is -2.07. The van der Waals surface area contributed by atoms with Crippen LogP contribution in [-0.2, 0) is 4.74 Å². The van der Waals surface area contributed by atoms with Crippen LogP contribution in [0.4, 0.5) is 0 Å². The van der Waals surface area contributed by atoms with Crippen molar-refractivity contribution < 1.29 is 4.74 Å². The lowest BCUT2D eigenvalue weighted by atomic mass is 10.4. The van der Waals surface area contributed by atoms with Crippen molar-refractivity contribution in [3.05, 3.63) is 12.2 Å². The average molecular weight is 174 g/mol. The molecule has 10 heavy (non-hydrogen) atoms. The van der Waals surface area contributed by atoms with Gasteiger partial charge in [-0.2, -0.15) is 11.8 Å². The standard InChI is InChI=1S/C7H10OS2/c1-5(2)7(9)8-3-6-4-10-6/h6H,1,3-4H2,2H3. The van der Waals surface area contributed by atoms with Crippen molar-refractivity contribution in [1.82, 2.24) is 0 Å². The van der Waals surface area contributed by atoms with Crippen LogP contribution in [0.25, 0.3) is 0 Å². The molecule has 0 aromatic rings. The molecule has 1 saturated heterocycles. The van der Waals surface area contributed by atoms with E-state index in [9.17, 15) is 0 Å². The predicted octanol–water partition coefficient (Wildman–Crippen LogP) is 2.02. The second-order valence-corrected chi connectivity index (χ2v) is 4.04.